The molecule has 9 aromatic carbocycles. The molecule has 11 rings (SSSR count). The molecular weight excluding hydrogens is 629 g/mol. The molecule has 0 amide bonds. The van der Waals surface area contributed by atoms with Gasteiger partial charge < -0.3 is 0 Å². The minimum absolute atomic E-state index is 0.817. The van der Waals surface area contributed by atoms with Gasteiger partial charge in [-0.25, -0.2) is 4.98 Å². The van der Waals surface area contributed by atoms with Crippen LogP contribution < -0.4 is 0 Å². The van der Waals surface area contributed by atoms with E-state index in [0.717, 1.165) is 23.3 Å². The van der Waals surface area contributed by atoms with Crippen molar-refractivity contribution >= 4 is 59.8 Å². The average molecular weight is 661 g/mol. The fourth-order valence-corrected chi connectivity index (χ4v) is 8.56. The zero-order valence-electron chi connectivity index (χ0n) is 28.4. The van der Waals surface area contributed by atoms with E-state index in [2.05, 4.69) is 187 Å². The van der Waals surface area contributed by atoms with E-state index >= 15 is 0 Å². The molecule has 0 saturated heterocycles. The number of aromatic nitrogens is 2. The number of hydrogen-bond donors (Lipinski definition) is 0. The van der Waals surface area contributed by atoms with Gasteiger partial charge in [0.2, 0.25) is 0 Å². The highest BCUT2D eigenvalue weighted by Crippen LogP contribution is 2.46. The Labute approximate surface area is 301 Å². The van der Waals surface area contributed by atoms with E-state index in [1.807, 2.05) is 0 Å². The zero-order chi connectivity index (χ0) is 34.2. The van der Waals surface area contributed by atoms with Crippen LogP contribution in [-0.2, 0) is 6.42 Å². The monoisotopic (exact) mass is 660 g/mol. The third-order valence-electron chi connectivity index (χ3n) is 11.0. The first-order valence-electron chi connectivity index (χ1n) is 18.0. The molecule has 0 atom stereocenters. The fraction of sp³-hybridized carbons (Fsp3) is 0.0200. The van der Waals surface area contributed by atoms with Gasteiger partial charge in [-0.1, -0.05) is 152 Å². The van der Waals surface area contributed by atoms with Gasteiger partial charge in [0, 0.05) is 5.56 Å². The van der Waals surface area contributed by atoms with Gasteiger partial charge in [-0.05, 0) is 113 Å². The number of imidazole rings is 1. The second-order valence-electron chi connectivity index (χ2n) is 13.9. The summed E-state index contributed by atoms with van der Waals surface area (Å²) in [7, 11) is 0. The Morgan fingerprint density at radius 3 is 1.58 bits per heavy atom. The molecule has 0 unspecified atom stereocenters. The van der Waals surface area contributed by atoms with Gasteiger partial charge >= 0.3 is 0 Å². The first kappa shape index (κ1) is 29.0. The Kier molecular flexibility index (Phi) is 6.35. The van der Waals surface area contributed by atoms with E-state index in [1.165, 1.54) is 87.7 Å². The zero-order valence-corrected chi connectivity index (χ0v) is 28.4. The molecule has 0 radical (unpaired) electrons. The van der Waals surface area contributed by atoms with E-state index < -0.39 is 0 Å². The summed E-state index contributed by atoms with van der Waals surface area (Å²) in [4.78, 5) is 5.35. The second-order valence-corrected chi connectivity index (χ2v) is 13.9. The van der Waals surface area contributed by atoms with Crippen molar-refractivity contribution in [3.63, 3.8) is 0 Å². The van der Waals surface area contributed by atoms with Gasteiger partial charge in [-0.2, -0.15) is 0 Å². The standard InChI is InChI=1S/C50H32N2/c1-3-13-35-29-37(24-21-32(35)11-1)46-28-27-34-23-26-39(31-44(34)50-51-45-19-9-10-20-47(45)52(46)50)49-42-17-7-5-15-40(42)48(41-16-6-8-18-43(41)49)38-25-22-33-12-2-4-14-36(33)30-38/h1-26,28-31H,27H2. The van der Waals surface area contributed by atoms with Crippen LogP contribution in [0.25, 0.3) is 93.5 Å². The lowest BCUT2D eigenvalue weighted by Gasteiger charge is -2.19. The van der Waals surface area contributed by atoms with Crippen molar-refractivity contribution in [2.24, 2.45) is 0 Å². The van der Waals surface area contributed by atoms with Crippen LogP contribution in [0.2, 0.25) is 0 Å². The predicted molar refractivity (Wildman–Crippen MR) is 220 cm³/mol. The molecule has 0 saturated carbocycles. The molecule has 0 N–H and O–H groups in total. The second kappa shape index (κ2) is 11.4. The van der Waals surface area contributed by atoms with E-state index in [4.69, 9.17) is 4.98 Å². The molecule has 2 heteroatoms. The van der Waals surface area contributed by atoms with Crippen LogP contribution in [0.15, 0.2) is 182 Å². The minimum atomic E-state index is 0.817. The number of benzene rings is 9. The lowest BCUT2D eigenvalue weighted by atomic mass is 9.85. The van der Waals surface area contributed by atoms with Crippen LogP contribution in [0.3, 0.4) is 0 Å². The smallest absolute Gasteiger partial charge is 0.146 e. The molecule has 0 bridgehead atoms. The van der Waals surface area contributed by atoms with Crippen molar-refractivity contribution < 1.29 is 0 Å². The minimum Gasteiger partial charge on any atom is -0.292 e. The third-order valence-corrected chi connectivity index (χ3v) is 11.0. The molecule has 1 aliphatic heterocycles. The Morgan fingerprint density at radius 2 is 0.923 bits per heavy atom. The van der Waals surface area contributed by atoms with Crippen molar-refractivity contribution in [1.29, 1.82) is 0 Å². The van der Waals surface area contributed by atoms with Gasteiger partial charge in [0.25, 0.3) is 0 Å². The largest absolute Gasteiger partial charge is 0.292 e. The molecule has 2 nitrogen and oxygen atoms in total. The van der Waals surface area contributed by atoms with Crippen molar-refractivity contribution in [3.05, 3.63) is 193 Å². The Hall–Kier alpha value is -6.77. The van der Waals surface area contributed by atoms with Gasteiger partial charge in [0.15, 0.2) is 0 Å². The molecule has 10 aromatic rings. The number of allylic oxidation sites excluding steroid dienone is 1. The number of rotatable bonds is 3. The summed E-state index contributed by atoms with van der Waals surface area (Å²) in [5.74, 6) is 0.983. The topological polar surface area (TPSA) is 17.8 Å². The maximum Gasteiger partial charge on any atom is 0.146 e. The fourth-order valence-electron chi connectivity index (χ4n) is 8.56. The SMILES string of the molecule is C1=C(c2ccc3ccccc3c2)n2c(nc3ccccc32)-c2cc(-c3c4ccccc4c(-c4ccc5ccccc5c4)c4ccccc34)ccc2C1. The predicted octanol–water partition coefficient (Wildman–Crippen LogP) is 13.1. The van der Waals surface area contributed by atoms with Crippen molar-refractivity contribution in [3.8, 4) is 33.6 Å². The highest BCUT2D eigenvalue weighted by Gasteiger charge is 2.24. The highest BCUT2D eigenvalue weighted by atomic mass is 15.1. The van der Waals surface area contributed by atoms with Gasteiger partial charge in [0.05, 0.1) is 16.7 Å². The van der Waals surface area contributed by atoms with Crippen LogP contribution in [0.1, 0.15) is 11.1 Å². The summed E-state index contributed by atoms with van der Waals surface area (Å²) in [5, 5.41) is 10.0. The van der Waals surface area contributed by atoms with Crippen LogP contribution in [0, 0.1) is 0 Å². The van der Waals surface area contributed by atoms with Crippen LogP contribution >= 0.6 is 0 Å². The van der Waals surface area contributed by atoms with Crippen molar-refractivity contribution in [2.75, 3.05) is 0 Å². The molecule has 0 aliphatic carbocycles. The van der Waals surface area contributed by atoms with Crippen LogP contribution in [0.4, 0.5) is 0 Å². The molecule has 1 aromatic heterocycles. The molecule has 1 aliphatic rings. The normalized spacial score (nSPS) is 12.7. The van der Waals surface area contributed by atoms with Crippen LogP contribution in [-0.4, -0.2) is 9.55 Å². The van der Waals surface area contributed by atoms with E-state index in [1.54, 1.807) is 0 Å². The Morgan fingerprint density at radius 1 is 0.423 bits per heavy atom. The summed E-state index contributed by atoms with van der Waals surface area (Å²) >= 11 is 0. The highest BCUT2D eigenvalue weighted by molar-refractivity contribution is 6.22. The van der Waals surface area contributed by atoms with Crippen molar-refractivity contribution in [1.82, 2.24) is 9.55 Å². The number of hydrogen-bond acceptors (Lipinski definition) is 1. The molecule has 52 heavy (non-hydrogen) atoms. The number of para-hydroxylation sites is 2. The maximum atomic E-state index is 5.35. The van der Waals surface area contributed by atoms with E-state index in [9.17, 15) is 0 Å². The summed E-state index contributed by atoms with van der Waals surface area (Å²) in [5.41, 5.74) is 11.9. The van der Waals surface area contributed by atoms with E-state index in [0.29, 0.717) is 0 Å². The van der Waals surface area contributed by atoms with Crippen molar-refractivity contribution in [2.45, 2.75) is 6.42 Å². The van der Waals surface area contributed by atoms with Crippen LogP contribution in [0.5, 0.6) is 0 Å². The number of nitrogens with zero attached hydrogens (tertiary/aromatic N) is 2. The molecule has 242 valence electrons. The molecule has 0 fully saturated rings. The molecule has 2 heterocycles. The van der Waals surface area contributed by atoms with E-state index in [-0.39, 0.29) is 0 Å². The first-order chi connectivity index (χ1) is 25.8. The number of fused-ring (bicyclic) bond motifs is 9. The summed E-state index contributed by atoms with van der Waals surface area (Å²) < 4.78 is 2.38. The van der Waals surface area contributed by atoms with Gasteiger partial charge in [0.1, 0.15) is 5.82 Å². The maximum absolute atomic E-state index is 5.35. The van der Waals surface area contributed by atoms with Gasteiger partial charge in [-0.15, -0.1) is 0 Å². The summed E-state index contributed by atoms with van der Waals surface area (Å²) in [6.45, 7) is 0. The lowest BCUT2D eigenvalue weighted by Crippen LogP contribution is -2.01. The van der Waals surface area contributed by atoms with Gasteiger partial charge in [-0.3, -0.25) is 4.57 Å². The molecule has 0 spiro atoms. The third kappa shape index (κ3) is 4.41. The molecular formula is C50H32N2. The Balaban J connectivity index is 1.15. The lowest BCUT2D eigenvalue weighted by molar-refractivity contribution is 1.14. The average Bonchev–Trinajstić information content (AvgIpc) is 3.51. The quantitative estimate of drug-likeness (QED) is 0.172. The Bertz CT molecular complexity index is 3050. The summed E-state index contributed by atoms with van der Waals surface area (Å²) in [6.07, 6.45) is 3.20. The first-order valence-corrected chi connectivity index (χ1v) is 18.0. The summed E-state index contributed by atoms with van der Waals surface area (Å²) in [6, 6.07) is 64.3.